The number of pyridine rings is 1. The predicted octanol–water partition coefficient (Wildman–Crippen LogP) is 1.89. The molecule has 1 aliphatic rings. The van der Waals surface area contributed by atoms with Gasteiger partial charge in [0.25, 0.3) is 0 Å². The predicted molar refractivity (Wildman–Crippen MR) is 58.6 cm³/mol. The van der Waals surface area contributed by atoms with Crippen molar-refractivity contribution in [2.45, 2.75) is 19.4 Å². The van der Waals surface area contributed by atoms with E-state index in [0.29, 0.717) is 18.5 Å². The summed E-state index contributed by atoms with van der Waals surface area (Å²) in [6.07, 6.45) is 1.20. The minimum absolute atomic E-state index is 0.515. The Hall–Kier alpha value is -0.610. The SMILES string of the molecule is Cc1nc(OC[C@H]2CCN2)ccc1Br. The second-order valence-electron chi connectivity index (χ2n) is 3.47. The molecule has 1 atom stereocenters. The standard InChI is InChI=1S/C10H13BrN2O/c1-7-9(11)2-3-10(13-7)14-6-8-4-5-12-8/h2-3,8,12H,4-6H2,1H3/t8-/m1/s1. The lowest BCUT2D eigenvalue weighted by Gasteiger charge is -2.27. The number of aromatic nitrogens is 1. The quantitative estimate of drug-likeness (QED) is 0.897. The van der Waals surface area contributed by atoms with Crippen LogP contribution >= 0.6 is 15.9 Å². The third kappa shape index (κ3) is 2.25. The zero-order valence-corrected chi connectivity index (χ0v) is 9.67. The van der Waals surface area contributed by atoms with Gasteiger partial charge in [0.05, 0.1) is 5.69 Å². The first-order valence-corrected chi connectivity index (χ1v) is 5.54. The first-order chi connectivity index (χ1) is 6.75. The van der Waals surface area contributed by atoms with E-state index in [2.05, 4.69) is 26.2 Å². The molecule has 0 saturated carbocycles. The fourth-order valence-electron chi connectivity index (χ4n) is 1.28. The molecule has 1 fully saturated rings. The fraction of sp³-hybridized carbons (Fsp3) is 0.500. The highest BCUT2D eigenvalue weighted by atomic mass is 79.9. The van der Waals surface area contributed by atoms with Crippen LogP contribution in [0, 0.1) is 6.92 Å². The lowest BCUT2D eigenvalue weighted by atomic mass is 10.1. The number of nitrogens with one attached hydrogen (secondary N) is 1. The van der Waals surface area contributed by atoms with Crippen LogP contribution in [0.3, 0.4) is 0 Å². The van der Waals surface area contributed by atoms with E-state index in [1.807, 2.05) is 19.1 Å². The zero-order valence-electron chi connectivity index (χ0n) is 8.09. The van der Waals surface area contributed by atoms with Gasteiger partial charge in [-0.15, -0.1) is 0 Å². The van der Waals surface area contributed by atoms with E-state index in [1.54, 1.807) is 0 Å². The summed E-state index contributed by atoms with van der Waals surface area (Å²) in [4.78, 5) is 4.31. The fourth-order valence-corrected chi connectivity index (χ4v) is 1.50. The average Bonchev–Trinajstić information content (AvgIpc) is 2.08. The molecule has 1 aliphatic heterocycles. The van der Waals surface area contributed by atoms with Gasteiger partial charge in [0.15, 0.2) is 0 Å². The molecule has 0 bridgehead atoms. The Morgan fingerprint density at radius 1 is 1.64 bits per heavy atom. The van der Waals surface area contributed by atoms with Crippen molar-refractivity contribution in [3.63, 3.8) is 0 Å². The van der Waals surface area contributed by atoms with Crippen molar-refractivity contribution >= 4 is 15.9 Å². The first kappa shape index (κ1) is 9.93. The molecule has 1 aromatic rings. The van der Waals surface area contributed by atoms with Crippen molar-refractivity contribution in [3.8, 4) is 5.88 Å². The summed E-state index contributed by atoms with van der Waals surface area (Å²) >= 11 is 3.40. The first-order valence-electron chi connectivity index (χ1n) is 4.75. The molecule has 0 radical (unpaired) electrons. The molecule has 0 unspecified atom stereocenters. The van der Waals surface area contributed by atoms with E-state index in [0.717, 1.165) is 16.7 Å². The molecule has 1 N–H and O–H groups in total. The maximum Gasteiger partial charge on any atom is 0.213 e. The number of nitrogens with zero attached hydrogens (tertiary/aromatic N) is 1. The minimum atomic E-state index is 0.515. The van der Waals surface area contributed by atoms with Crippen LogP contribution in [0.4, 0.5) is 0 Å². The Morgan fingerprint density at radius 2 is 2.43 bits per heavy atom. The van der Waals surface area contributed by atoms with Crippen molar-refractivity contribution in [3.05, 3.63) is 22.3 Å². The third-order valence-electron chi connectivity index (χ3n) is 2.35. The summed E-state index contributed by atoms with van der Waals surface area (Å²) in [5.41, 5.74) is 0.962. The van der Waals surface area contributed by atoms with Gasteiger partial charge in [0, 0.05) is 16.6 Å². The highest BCUT2D eigenvalue weighted by Crippen LogP contribution is 2.18. The van der Waals surface area contributed by atoms with Crippen molar-refractivity contribution in [1.29, 1.82) is 0 Å². The molecular formula is C10H13BrN2O. The van der Waals surface area contributed by atoms with Crippen LogP contribution in [0.1, 0.15) is 12.1 Å². The number of ether oxygens (including phenoxy) is 1. The van der Waals surface area contributed by atoms with Gasteiger partial charge >= 0.3 is 0 Å². The summed E-state index contributed by atoms with van der Waals surface area (Å²) in [5.74, 6) is 0.708. The largest absolute Gasteiger partial charge is 0.476 e. The van der Waals surface area contributed by atoms with E-state index in [-0.39, 0.29) is 0 Å². The second kappa shape index (κ2) is 4.28. The Bertz CT molecular complexity index is 326. The highest BCUT2D eigenvalue weighted by molar-refractivity contribution is 9.10. The molecular weight excluding hydrogens is 244 g/mol. The average molecular weight is 257 g/mol. The summed E-state index contributed by atoms with van der Waals surface area (Å²) in [5, 5.41) is 3.28. The molecule has 4 heteroatoms. The monoisotopic (exact) mass is 256 g/mol. The third-order valence-corrected chi connectivity index (χ3v) is 3.19. The molecule has 2 heterocycles. The minimum Gasteiger partial charge on any atom is -0.476 e. The molecule has 1 saturated heterocycles. The Morgan fingerprint density at radius 3 is 3.00 bits per heavy atom. The van der Waals surface area contributed by atoms with Crippen LogP contribution in [0.15, 0.2) is 16.6 Å². The van der Waals surface area contributed by atoms with Gasteiger partial charge in [-0.1, -0.05) is 0 Å². The molecule has 14 heavy (non-hydrogen) atoms. The van der Waals surface area contributed by atoms with E-state index >= 15 is 0 Å². The van der Waals surface area contributed by atoms with Gasteiger partial charge in [0.1, 0.15) is 6.61 Å². The Labute approximate surface area is 92.0 Å². The molecule has 3 nitrogen and oxygen atoms in total. The number of rotatable bonds is 3. The van der Waals surface area contributed by atoms with E-state index in [4.69, 9.17) is 4.74 Å². The van der Waals surface area contributed by atoms with Gasteiger partial charge in [-0.25, -0.2) is 4.98 Å². The van der Waals surface area contributed by atoms with Crippen LogP contribution in [-0.2, 0) is 0 Å². The van der Waals surface area contributed by atoms with Crippen LogP contribution < -0.4 is 10.1 Å². The number of hydrogen-bond donors (Lipinski definition) is 1. The van der Waals surface area contributed by atoms with Crippen LogP contribution in [-0.4, -0.2) is 24.2 Å². The van der Waals surface area contributed by atoms with Gasteiger partial charge < -0.3 is 10.1 Å². The van der Waals surface area contributed by atoms with Gasteiger partial charge in [0.2, 0.25) is 5.88 Å². The van der Waals surface area contributed by atoms with Crippen molar-refractivity contribution in [1.82, 2.24) is 10.3 Å². The normalized spacial score (nSPS) is 20.3. The van der Waals surface area contributed by atoms with Crippen molar-refractivity contribution in [2.24, 2.45) is 0 Å². The second-order valence-corrected chi connectivity index (χ2v) is 4.32. The van der Waals surface area contributed by atoms with Gasteiger partial charge in [-0.2, -0.15) is 0 Å². The van der Waals surface area contributed by atoms with Crippen molar-refractivity contribution in [2.75, 3.05) is 13.2 Å². The summed E-state index contributed by atoms with van der Waals surface area (Å²) in [7, 11) is 0. The topological polar surface area (TPSA) is 34.1 Å². The molecule has 76 valence electrons. The zero-order chi connectivity index (χ0) is 9.97. The van der Waals surface area contributed by atoms with Gasteiger partial charge in [-0.05, 0) is 41.9 Å². The summed E-state index contributed by atoms with van der Waals surface area (Å²) in [6, 6.07) is 4.36. The molecule has 0 amide bonds. The maximum atomic E-state index is 5.55. The Kier molecular flexibility index (Phi) is 3.03. The van der Waals surface area contributed by atoms with E-state index in [9.17, 15) is 0 Å². The molecule has 0 aliphatic carbocycles. The summed E-state index contributed by atoms with van der Waals surface area (Å²) in [6.45, 7) is 3.79. The summed E-state index contributed by atoms with van der Waals surface area (Å²) < 4.78 is 6.57. The van der Waals surface area contributed by atoms with Crippen molar-refractivity contribution < 1.29 is 4.74 Å². The number of hydrogen-bond acceptors (Lipinski definition) is 3. The number of halogens is 1. The highest BCUT2D eigenvalue weighted by Gasteiger charge is 2.16. The van der Waals surface area contributed by atoms with Gasteiger partial charge in [-0.3, -0.25) is 0 Å². The van der Waals surface area contributed by atoms with Crippen LogP contribution in [0.2, 0.25) is 0 Å². The Balaban J connectivity index is 1.91. The van der Waals surface area contributed by atoms with Crippen LogP contribution in [0.5, 0.6) is 5.88 Å². The lowest BCUT2D eigenvalue weighted by Crippen LogP contribution is -2.46. The molecule has 1 aromatic heterocycles. The van der Waals surface area contributed by atoms with Crippen LogP contribution in [0.25, 0.3) is 0 Å². The van der Waals surface area contributed by atoms with E-state index < -0.39 is 0 Å². The number of aryl methyl sites for hydroxylation is 1. The van der Waals surface area contributed by atoms with E-state index in [1.165, 1.54) is 6.42 Å². The maximum absolute atomic E-state index is 5.55. The smallest absolute Gasteiger partial charge is 0.213 e. The molecule has 2 rings (SSSR count). The lowest BCUT2D eigenvalue weighted by molar-refractivity contribution is 0.211. The molecule has 0 aromatic carbocycles. The molecule has 0 spiro atoms.